The molecule has 0 amide bonds. The van der Waals surface area contributed by atoms with Crippen LogP contribution in [0.15, 0.2) is 11.6 Å². The van der Waals surface area contributed by atoms with Crippen LogP contribution < -0.4 is 0 Å². The summed E-state index contributed by atoms with van der Waals surface area (Å²) in [4.78, 5) is 10.7. The molecule has 3 heteroatoms. The molecule has 1 N–H and O–H groups in total. The minimum atomic E-state index is -0.693. The quantitative estimate of drug-likeness (QED) is 0.728. The van der Waals surface area contributed by atoms with Gasteiger partial charge in [-0.1, -0.05) is 25.5 Å². The van der Waals surface area contributed by atoms with E-state index in [1.165, 1.54) is 5.57 Å². The van der Waals surface area contributed by atoms with Crippen molar-refractivity contribution in [3.63, 3.8) is 0 Å². The van der Waals surface area contributed by atoms with Crippen LogP contribution in [0.5, 0.6) is 0 Å². The lowest BCUT2D eigenvalue weighted by Crippen LogP contribution is -2.22. The Kier molecular flexibility index (Phi) is 3.91. The highest BCUT2D eigenvalue weighted by Gasteiger charge is 2.39. The number of methoxy groups -OCH3 is 1. The molecule has 0 aromatic carbocycles. The van der Waals surface area contributed by atoms with Gasteiger partial charge in [-0.05, 0) is 24.2 Å². The molecule has 1 aliphatic rings. The van der Waals surface area contributed by atoms with Crippen LogP contribution in [0.1, 0.15) is 33.1 Å². The monoisotopic (exact) mass is 212 g/mol. The van der Waals surface area contributed by atoms with Crippen molar-refractivity contribution in [2.45, 2.75) is 33.1 Å². The van der Waals surface area contributed by atoms with E-state index in [9.17, 15) is 4.79 Å². The van der Waals surface area contributed by atoms with Gasteiger partial charge in [-0.3, -0.25) is 4.79 Å². The number of carboxylic acid groups (broad SMARTS) is 1. The largest absolute Gasteiger partial charge is 0.481 e. The van der Waals surface area contributed by atoms with Gasteiger partial charge in [0.25, 0.3) is 0 Å². The lowest BCUT2D eigenvalue weighted by atomic mass is 9.77. The number of allylic oxidation sites excluding steroid dienone is 1. The maximum absolute atomic E-state index is 10.7. The van der Waals surface area contributed by atoms with Gasteiger partial charge in [0.15, 0.2) is 0 Å². The third-order valence-corrected chi connectivity index (χ3v) is 3.53. The van der Waals surface area contributed by atoms with Crippen molar-refractivity contribution in [1.29, 1.82) is 0 Å². The van der Waals surface area contributed by atoms with Crippen LogP contribution in [0, 0.1) is 11.3 Å². The van der Waals surface area contributed by atoms with E-state index in [-0.39, 0.29) is 17.8 Å². The Morgan fingerprint density at radius 2 is 2.33 bits per heavy atom. The molecule has 15 heavy (non-hydrogen) atoms. The molecule has 0 saturated heterocycles. The Balaban J connectivity index is 2.70. The van der Waals surface area contributed by atoms with Gasteiger partial charge in [-0.15, -0.1) is 0 Å². The van der Waals surface area contributed by atoms with Crippen LogP contribution in [-0.2, 0) is 9.53 Å². The maximum Gasteiger partial charge on any atom is 0.303 e. The lowest BCUT2D eigenvalue weighted by Gasteiger charge is -2.27. The number of carbonyl (C=O) groups is 1. The highest BCUT2D eigenvalue weighted by molar-refractivity contribution is 5.67. The summed E-state index contributed by atoms with van der Waals surface area (Å²) in [5.74, 6) is -0.431. The normalized spacial score (nSPS) is 27.1. The van der Waals surface area contributed by atoms with E-state index in [1.54, 1.807) is 7.11 Å². The van der Waals surface area contributed by atoms with Crippen LogP contribution in [0.4, 0.5) is 0 Å². The fraction of sp³-hybridized carbons (Fsp3) is 0.750. The maximum atomic E-state index is 10.7. The predicted octanol–water partition coefficient (Wildman–Crippen LogP) is 2.47. The van der Waals surface area contributed by atoms with Gasteiger partial charge in [0.2, 0.25) is 0 Å². The molecule has 0 bridgehead atoms. The van der Waals surface area contributed by atoms with E-state index >= 15 is 0 Å². The Morgan fingerprint density at radius 1 is 1.67 bits per heavy atom. The van der Waals surface area contributed by atoms with Gasteiger partial charge < -0.3 is 9.84 Å². The molecule has 1 unspecified atom stereocenters. The summed E-state index contributed by atoms with van der Waals surface area (Å²) < 4.78 is 5.02. The van der Waals surface area contributed by atoms with Crippen LogP contribution in [0.25, 0.3) is 0 Å². The van der Waals surface area contributed by atoms with Crippen molar-refractivity contribution in [2.24, 2.45) is 11.3 Å². The number of hydrogen-bond acceptors (Lipinski definition) is 2. The topological polar surface area (TPSA) is 46.5 Å². The second kappa shape index (κ2) is 4.79. The number of rotatable bonds is 4. The molecule has 3 nitrogen and oxygen atoms in total. The first-order valence-corrected chi connectivity index (χ1v) is 5.38. The fourth-order valence-electron chi connectivity index (χ4n) is 2.39. The van der Waals surface area contributed by atoms with E-state index in [0.29, 0.717) is 6.61 Å². The Hall–Kier alpha value is -0.830. The summed E-state index contributed by atoms with van der Waals surface area (Å²) in [6.45, 7) is 4.89. The molecule has 86 valence electrons. The third-order valence-electron chi connectivity index (χ3n) is 3.53. The van der Waals surface area contributed by atoms with Crippen molar-refractivity contribution in [1.82, 2.24) is 0 Å². The fourth-order valence-corrected chi connectivity index (χ4v) is 2.39. The second-order valence-corrected chi connectivity index (χ2v) is 4.74. The third kappa shape index (κ3) is 2.81. The van der Waals surface area contributed by atoms with Crippen LogP contribution in [-0.4, -0.2) is 24.8 Å². The zero-order valence-electron chi connectivity index (χ0n) is 9.75. The van der Waals surface area contributed by atoms with Crippen molar-refractivity contribution in [3.8, 4) is 0 Å². The zero-order valence-corrected chi connectivity index (χ0v) is 9.75. The van der Waals surface area contributed by atoms with E-state index < -0.39 is 5.97 Å². The summed E-state index contributed by atoms with van der Waals surface area (Å²) in [7, 11) is 1.67. The van der Waals surface area contributed by atoms with E-state index in [0.717, 1.165) is 12.8 Å². The second-order valence-electron chi connectivity index (χ2n) is 4.74. The van der Waals surface area contributed by atoms with Crippen molar-refractivity contribution in [2.75, 3.05) is 13.7 Å². The summed E-state index contributed by atoms with van der Waals surface area (Å²) in [6.07, 6.45) is 4.36. The van der Waals surface area contributed by atoms with Gasteiger partial charge in [-0.25, -0.2) is 0 Å². The first-order valence-electron chi connectivity index (χ1n) is 5.38. The average Bonchev–Trinajstić information content (AvgIpc) is 2.39. The molecule has 1 aliphatic carbocycles. The molecule has 0 heterocycles. The number of aliphatic carboxylic acids is 1. The molecule has 1 atom stereocenters. The molecule has 0 aliphatic heterocycles. The Labute approximate surface area is 91.1 Å². The molecule has 0 radical (unpaired) electrons. The summed E-state index contributed by atoms with van der Waals surface area (Å²) in [6, 6.07) is 0. The first kappa shape index (κ1) is 12.2. The van der Waals surface area contributed by atoms with E-state index in [1.807, 2.05) is 0 Å². The molecule has 1 rings (SSSR count). The predicted molar refractivity (Wildman–Crippen MR) is 58.7 cm³/mol. The van der Waals surface area contributed by atoms with E-state index in [4.69, 9.17) is 9.84 Å². The highest BCUT2D eigenvalue weighted by Crippen LogP contribution is 2.48. The van der Waals surface area contributed by atoms with Crippen molar-refractivity contribution < 1.29 is 14.6 Å². The van der Waals surface area contributed by atoms with Crippen molar-refractivity contribution >= 4 is 5.97 Å². The van der Waals surface area contributed by atoms with Gasteiger partial charge in [0, 0.05) is 13.5 Å². The molecule has 1 fully saturated rings. The van der Waals surface area contributed by atoms with Crippen LogP contribution >= 0.6 is 0 Å². The number of carboxylic acids is 1. The van der Waals surface area contributed by atoms with Crippen LogP contribution in [0.3, 0.4) is 0 Å². The molecule has 0 aromatic heterocycles. The lowest BCUT2D eigenvalue weighted by molar-refractivity contribution is -0.138. The highest BCUT2D eigenvalue weighted by atomic mass is 16.5. The zero-order chi connectivity index (χ0) is 11.5. The SMILES string of the molecule is COC/C=C1/CCC(CC(=O)O)C1(C)C. The van der Waals surface area contributed by atoms with Gasteiger partial charge >= 0.3 is 5.97 Å². The standard InChI is InChI=1S/C12H20O3/c1-12(2)9(6-7-15-3)4-5-10(12)8-11(13)14/h6,10H,4-5,7-8H2,1-3H3,(H,13,14)/b9-6-. The number of hydrogen-bond donors (Lipinski definition) is 1. The molecule has 1 saturated carbocycles. The summed E-state index contributed by atoms with van der Waals surface area (Å²) in [5.41, 5.74) is 1.35. The minimum absolute atomic E-state index is 0.0108. The van der Waals surface area contributed by atoms with E-state index in [2.05, 4.69) is 19.9 Å². The summed E-state index contributed by atoms with van der Waals surface area (Å²) in [5, 5.41) is 8.82. The average molecular weight is 212 g/mol. The van der Waals surface area contributed by atoms with Crippen LogP contribution in [0.2, 0.25) is 0 Å². The number of ether oxygens (including phenoxy) is 1. The Morgan fingerprint density at radius 3 is 2.87 bits per heavy atom. The molecule has 0 spiro atoms. The van der Waals surface area contributed by atoms with Gasteiger partial charge in [-0.2, -0.15) is 0 Å². The Bertz CT molecular complexity index is 266. The first-order chi connectivity index (χ1) is 6.98. The molecule has 0 aromatic rings. The van der Waals surface area contributed by atoms with Crippen molar-refractivity contribution in [3.05, 3.63) is 11.6 Å². The summed E-state index contributed by atoms with van der Waals surface area (Å²) >= 11 is 0. The molecular formula is C12H20O3. The minimum Gasteiger partial charge on any atom is -0.481 e. The molecular weight excluding hydrogens is 192 g/mol. The smallest absolute Gasteiger partial charge is 0.303 e. The van der Waals surface area contributed by atoms with Gasteiger partial charge in [0.05, 0.1) is 6.61 Å². The van der Waals surface area contributed by atoms with Gasteiger partial charge in [0.1, 0.15) is 0 Å².